The number of rotatable bonds is 3. The third-order valence-electron chi connectivity index (χ3n) is 2.45. The molecule has 0 radical (unpaired) electrons. The Balaban J connectivity index is 2.24. The predicted octanol–water partition coefficient (Wildman–Crippen LogP) is 2.16. The van der Waals surface area contributed by atoms with E-state index in [1.54, 1.807) is 18.2 Å². The standard InChI is InChI=1S/C11H12O2/c12-7-9-3-4-11(13)10(6-9)5-8-1-2-8/h3-4,6-8,13H,1-2,5H2. The second kappa shape index (κ2) is 3.21. The van der Waals surface area contributed by atoms with E-state index < -0.39 is 0 Å². The number of hydrogen-bond donors (Lipinski definition) is 1. The van der Waals surface area contributed by atoms with Gasteiger partial charge >= 0.3 is 0 Å². The van der Waals surface area contributed by atoms with Crippen LogP contribution in [-0.4, -0.2) is 11.4 Å². The molecule has 2 nitrogen and oxygen atoms in total. The van der Waals surface area contributed by atoms with Crippen LogP contribution in [0.25, 0.3) is 0 Å². The van der Waals surface area contributed by atoms with E-state index in [-0.39, 0.29) is 0 Å². The molecule has 68 valence electrons. The zero-order valence-corrected chi connectivity index (χ0v) is 7.36. The second-order valence-corrected chi connectivity index (χ2v) is 3.65. The first-order valence-corrected chi connectivity index (χ1v) is 4.56. The largest absolute Gasteiger partial charge is 0.508 e. The third-order valence-corrected chi connectivity index (χ3v) is 2.45. The van der Waals surface area contributed by atoms with Gasteiger partial charge in [0.15, 0.2) is 0 Å². The maximum absolute atomic E-state index is 10.5. The molecule has 1 aromatic carbocycles. The number of phenolic OH excluding ortho intramolecular Hbond substituents is 1. The lowest BCUT2D eigenvalue weighted by Gasteiger charge is -2.03. The molecule has 1 saturated carbocycles. The molecular weight excluding hydrogens is 164 g/mol. The monoisotopic (exact) mass is 176 g/mol. The number of benzene rings is 1. The van der Waals surface area contributed by atoms with Crippen LogP contribution in [0, 0.1) is 5.92 Å². The van der Waals surface area contributed by atoms with Gasteiger partial charge < -0.3 is 5.11 Å². The minimum absolute atomic E-state index is 0.317. The molecule has 0 unspecified atom stereocenters. The highest BCUT2D eigenvalue weighted by molar-refractivity contribution is 5.75. The van der Waals surface area contributed by atoms with Crippen molar-refractivity contribution in [1.82, 2.24) is 0 Å². The first-order chi connectivity index (χ1) is 6.29. The molecule has 2 rings (SSSR count). The molecule has 1 aromatic rings. The molecule has 1 fully saturated rings. The lowest BCUT2D eigenvalue weighted by Crippen LogP contribution is -1.90. The van der Waals surface area contributed by atoms with E-state index in [0.717, 1.165) is 24.2 Å². The number of phenols is 1. The number of aldehydes is 1. The normalized spacial score (nSPS) is 15.7. The van der Waals surface area contributed by atoms with Crippen molar-refractivity contribution in [2.45, 2.75) is 19.3 Å². The molecule has 0 atom stereocenters. The van der Waals surface area contributed by atoms with Crippen molar-refractivity contribution in [1.29, 1.82) is 0 Å². The Kier molecular flexibility index (Phi) is 2.05. The quantitative estimate of drug-likeness (QED) is 0.716. The molecule has 0 aliphatic heterocycles. The van der Waals surface area contributed by atoms with Gasteiger partial charge in [-0.1, -0.05) is 0 Å². The number of aromatic hydroxyl groups is 1. The summed E-state index contributed by atoms with van der Waals surface area (Å²) in [5.41, 5.74) is 1.56. The Morgan fingerprint density at radius 3 is 2.85 bits per heavy atom. The Bertz CT molecular complexity index is 327. The molecule has 13 heavy (non-hydrogen) atoms. The van der Waals surface area contributed by atoms with Gasteiger partial charge in [-0.25, -0.2) is 0 Å². The van der Waals surface area contributed by atoms with Crippen molar-refractivity contribution in [3.05, 3.63) is 29.3 Å². The van der Waals surface area contributed by atoms with E-state index >= 15 is 0 Å². The number of carbonyl (C=O) groups is 1. The highest BCUT2D eigenvalue weighted by Crippen LogP contribution is 2.35. The highest BCUT2D eigenvalue weighted by atomic mass is 16.3. The van der Waals surface area contributed by atoms with Gasteiger partial charge in [-0.05, 0) is 48.9 Å². The summed E-state index contributed by atoms with van der Waals surface area (Å²) >= 11 is 0. The van der Waals surface area contributed by atoms with Gasteiger partial charge in [0.05, 0.1) is 0 Å². The second-order valence-electron chi connectivity index (χ2n) is 3.65. The summed E-state index contributed by atoms with van der Waals surface area (Å²) in [7, 11) is 0. The van der Waals surface area contributed by atoms with Gasteiger partial charge in [-0.15, -0.1) is 0 Å². The van der Waals surface area contributed by atoms with Crippen molar-refractivity contribution >= 4 is 6.29 Å². The summed E-state index contributed by atoms with van der Waals surface area (Å²) in [6.07, 6.45) is 4.23. The molecule has 0 amide bonds. The van der Waals surface area contributed by atoms with Crippen LogP contribution in [0.5, 0.6) is 5.75 Å². The number of hydrogen-bond acceptors (Lipinski definition) is 2. The van der Waals surface area contributed by atoms with Crippen LogP contribution in [0.2, 0.25) is 0 Å². The topological polar surface area (TPSA) is 37.3 Å². The van der Waals surface area contributed by atoms with Crippen LogP contribution in [0.15, 0.2) is 18.2 Å². The van der Waals surface area contributed by atoms with Gasteiger partial charge in [-0.3, -0.25) is 4.79 Å². The summed E-state index contributed by atoms with van der Waals surface area (Å²) in [4.78, 5) is 10.5. The fourth-order valence-electron chi connectivity index (χ4n) is 1.48. The summed E-state index contributed by atoms with van der Waals surface area (Å²) in [6, 6.07) is 5.01. The van der Waals surface area contributed by atoms with Crippen LogP contribution in [0.3, 0.4) is 0 Å². The first-order valence-electron chi connectivity index (χ1n) is 4.56. The Morgan fingerprint density at radius 2 is 2.23 bits per heavy atom. The first kappa shape index (κ1) is 8.30. The average Bonchev–Trinajstić information content (AvgIpc) is 2.93. The molecule has 0 saturated heterocycles. The van der Waals surface area contributed by atoms with Crippen molar-refractivity contribution < 1.29 is 9.90 Å². The molecule has 2 heteroatoms. The van der Waals surface area contributed by atoms with Crippen molar-refractivity contribution in [2.24, 2.45) is 5.92 Å². The highest BCUT2D eigenvalue weighted by Gasteiger charge is 2.22. The Labute approximate surface area is 77.2 Å². The maximum atomic E-state index is 10.5. The average molecular weight is 176 g/mol. The summed E-state index contributed by atoms with van der Waals surface area (Å²) in [5.74, 6) is 1.05. The smallest absolute Gasteiger partial charge is 0.150 e. The van der Waals surface area contributed by atoms with Crippen LogP contribution < -0.4 is 0 Å². The zero-order chi connectivity index (χ0) is 9.26. The summed E-state index contributed by atoms with van der Waals surface area (Å²) in [6.45, 7) is 0. The van der Waals surface area contributed by atoms with E-state index in [2.05, 4.69) is 0 Å². The molecule has 1 aliphatic rings. The van der Waals surface area contributed by atoms with E-state index in [0.29, 0.717) is 11.3 Å². The van der Waals surface area contributed by atoms with E-state index in [1.165, 1.54) is 12.8 Å². The lowest BCUT2D eigenvalue weighted by molar-refractivity contribution is 0.112. The van der Waals surface area contributed by atoms with Gasteiger partial charge in [0.25, 0.3) is 0 Å². The fourth-order valence-corrected chi connectivity index (χ4v) is 1.48. The van der Waals surface area contributed by atoms with Crippen LogP contribution in [0.1, 0.15) is 28.8 Å². The molecule has 0 spiro atoms. The van der Waals surface area contributed by atoms with Crippen LogP contribution in [0.4, 0.5) is 0 Å². The van der Waals surface area contributed by atoms with E-state index in [9.17, 15) is 9.90 Å². The van der Waals surface area contributed by atoms with Gasteiger partial charge in [0.1, 0.15) is 12.0 Å². The van der Waals surface area contributed by atoms with Crippen molar-refractivity contribution in [2.75, 3.05) is 0 Å². The van der Waals surface area contributed by atoms with Crippen LogP contribution >= 0.6 is 0 Å². The minimum Gasteiger partial charge on any atom is -0.508 e. The SMILES string of the molecule is O=Cc1ccc(O)c(CC2CC2)c1. The van der Waals surface area contributed by atoms with Gasteiger partial charge in [0.2, 0.25) is 0 Å². The zero-order valence-electron chi connectivity index (χ0n) is 7.36. The summed E-state index contributed by atoms with van der Waals surface area (Å²) < 4.78 is 0. The molecule has 0 aromatic heterocycles. The molecule has 1 aliphatic carbocycles. The van der Waals surface area contributed by atoms with Crippen molar-refractivity contribution in [3.63, 3.8) is 0 Å². The van der Waals surface area contributed by atoms with E-state index in [1.807, 2.05) is 0 Å². The Hall–Kier alpha value is -1.31. The maximum Gasteiger partial charge on any atom is 0.150 e. The number of carbonyl (C=O) groups excluding carboxylic acids is 1. The fraction of sp³-hybridized carbons (Fsp3) is 0.364. The molecule has 0 heterocycles. The third kappa shape index (κ3) is 1.89. The van der Waals surface area contributed by atoms with Gasteiger partial charge in [-0.2, -0.15) is 0 Å². The Morgan fingerprint density at radius 1 is 1.46 bits per heavy atom. The molecular formula is C11H12O2. The van der Waals surface area contributed by atoms with Crippen molar-refractivity contribution in [3.8, 4) is 5.75 Å². The van der Waals surface area contributed by atoms with Gasteiger partial charge in [0, 0.05) is 5.56 Å². The molecule has 1 N–H and O–H groups in total. The minimum atomic E-state index is 0.317. The lowest BCUT2D eigenvalue weighted by atomic mass is 10.1. The predicted molar refractivity (Wildman–Crippen MR) is 49.9 cm³/mol. The summed E-state index contributed by atoms with van der Waals surface area (Å²) in [5, 5.41) is 9.49. The van der Waals surface area contributed by atoms with E-state index in [4.69, 9.17) is 0 Å². The molecule has 0 bridgehead atoms. The van der Waals surface area contributed by atoms with Crippen LogP contribution in [-0.2, 0) is 6.42 Å².